The van der Waals surface area contributed by atoms with Crippen molar-refractivity contribution in [1.29, 1.82) is 0 Å². The van der Waals surface area contributed by atoms with Gasteiger partial charge in [-0.2, -0.15) is 0 Å². The molecule has 5 heteroatoms. The summed E-state index contributed by atoms with van der Waals surface area (Å²) >= 11 is 0. The lowest BCUT2D eigenvalue weighted by Crippen LogP contribution is -2.41. The first-order chi connectivity index (χ1) is 9.16. The van der Waals surface area contributed by atoms with Crippen molar-refractivity contribution in [3.05, 3.63) is 29.8 Å². The second kappa shape index (κ2) is 6.40. The van der Waals surface area contributed by atoms with Crippen molar-refractivity contribution in [2.45, 2.75) is 38.6 Å². The average molecular weight is 294 g/mol. The SMILES string of the molecule is CC(NS(=O)(=O)c1ccc(C#CCN)cc1)C(C)(C)C. The fraction of sp³-hybridized carbons (Fsp3) is 0.467. The molecule has 0 fully saturated rings. The van der Waals surface area contributed by atoms with Crippen molar-refractivity contribution >= 4 is 10.0 Å². The van der Waals surface area contributed by atoms with Crippen molar-refractivity contribution in [1.82, 2.24) is 4.72 Å². The van der Waals surface area contributed by atoms with E-state index in [4.69, 9.17) is 5.73 Å². The normalized spacial score (nSPS) is 13.4. The molecule has 0 aromatic heterocycles. The molecule has 0 amide bonds. The van der Waals surface area contributed by atoms with E-state index >= 15 is 0 Å². The Morgan fingerprint density at radius 1 is 1.25 bits per heavy atom. The largest absolute Gasteiger partial charge is 0.320 e. The highest BCUT2D eigenvalue weighted by Gasteiger charge is 2.25. The molecule has 0 bridgehead atoms. The van der Waals surface area contributed by atoms with Crippen LogP contribution in [0.15, 0.2) is 29.2 Å². The number of hydrogen-bond donors (Lipinski definition) is 2. The molecule has 1 aromatic rings. The standard InChI is InChI=1S/C15H22N2O2S/c1-12(15(2,3)4)17-20(18,19)14-9-7-13(8-10-14)6-5-11-16/h7-10,12,17H,11,16H2,1-4H3. The van der Waals surface area contributed by atoms with Crippen LogP contribution in [0.5, 0.6) is 0 Å². The molecule has 1 unspecified atom stereocenters. The van der Waals surface area contributed by atoms with Gasteiger partial charge in [-0.3, -0.25) is 0 Å². The van der Waals surface area contributed by atoms with Gasteiger partial charge in [0.25, 0.3) is 0 Å². The molecule has 0 saturated carbocycles. The van der Waals surface area contributed by atoms with Crippen LogP contribution >= 0.6 is 0 Å². The fourth-order valence-electron chi connectivity index (χ4n) is 1.35. The predicted octanol–water partition coefficient (Wildman–Crippen LogP) is 1.71. The summed E-state index contributed by atoms with van der Waals surface area (Å²) in [6.45, 7) is 8.12. The van der Waals surface area contributed by atoms with E-state index in [9.17, 15) is 8.42 Å². The molecule has 3 N–H and O–H groups in total. The van der Waals surface area contributed by atoms with Crippen LogP contribution < -0.4 is 10.5 Å². The molecular formula is C15H22N2O2S. The summed E-state index contributed by atoms with van der Waals surface area (Å²) < 4.78 is 27.2. The van der Waals surface area contributed by atoms with Gasteiger partial charge in [0.2, 0.25) is 10.0 Å². The molecule has 4 nitrogen and oxygen atoms in total. The van der Waals surface area contributed by atoms with Gasteiger partial charge in [-0.1, -0.05) is 32.6 Å². The minimum absolute atomic E-state index is 0.139. The van der Waals surface area contributed by atoms with Crippen LogP contribution in [0.1, 0.15) is 33.3 Å². The summed E-state index contributed by atoms with van der Waals surface area (Å²) in [5, 5.41) is 0. The van der Waals surface area contributed by atoms with Crippen LogP contribution in [-0.2, 0) is 10.0 Å². The van der Waals surface area contributed by atoms with Crippen LogP contribution in [0.2, 0.25) is 0 Å². The monoisotopic (exact) mass is 294 g/mol. The van der Waals surface area contributed by atoms with E-state index in [0.717, 1.165) is 5.56 Å². The second-order valence-corrected chi connectivity index (χ2v) is 7.45. The molecule has 1 aromatic carbocycles. The maximum atomic E-state index is 12.2. The maximum Gasteiger partial charge on any atom is 0.240 e. The number of benzene rings is 1. The van der Waals surface area contributed by atoms with Gasteiger partial charge in [0, 0.05) is 11.6 Å². The van der Waals surface area contributed by atoms with E-state index in [1.807, 2.05) is 27.7 Å². The third-order valence-electron chi connectivity index (χ3n) is 3.13. The lowest BCUT2D eigenvalue weighted by molar-refractivity contribution is 0.317. The molecule has 0 spiro atoms. The van der Waals surface area contributed by atoms with Gasteiger partial charge in [0.15, 0.2) is 0 Å². The van der Waals surface area contributed by atoms with Crippen LogP contribution in [-0.4, -0.2) is 21.0 Å². The molecule has 1 rings (SSSR count). The molecule has 0 heterocycles. The lowest BCUT2D eigenvalue weighted by atomic mass is 9.89. The highest BCUT2D eigenvalue weighted by Crippen LogP contribution is 2.21. The minimum atomic E-state index is -3.50. The second-order valence-electron chi connectivity index (χ2n) is 5.74. The Bertz CT molecular complexity index is 602. The number of sulfonamides is 1. The van der Waals surface area contributed by atoms with Crippen LogP contribution in [0, 0.1) is 17.3 Å². The Morgan fingerprint density at radius 2 is 1.80 bits per heavy atom. The van der Waals surface area contributed by atoms with E-state index < -0.39 is 10.0 Å². The molecule has 20 heavy (non-hydrogen) atoms. The van der Waals surface area contributed by atoms with E-state index in [0.29, 0.717) is 0 Å². The zero-order chi connectivity index (χ0) is 15.4. The van der Waals surface area contributed by atoms with E-state index in [1.54, 1.807) is 24.3 Å². The molecule has 0 aliphatic heterocycles. The Hall–Kier alpha value is -1.35. The van der Waals surface area contributed by atoms with Crippen molar-refractivity contribution in [2.75, 3.05) is 6.54 Å². The molecular weight excluding hydrogens is 272 g/mol. The van der Waals surface area contributed by atoms with Gasteiger partial charge in [-0.15, -0.1) is 0 Å². The number of nitrogens with one attached hydrogen (secondary N) is 1. The third kappa shape index (κ3) is 4.64. The maximum absolute atomic E-state index is 12.2. The quantitative estimate of drug-likeness (QED) is 0.834. The van der Waals surface area contributed by atoms with Crippen molar-refractivity contribution < 1.29 is 8.42 Å². The Morgan fingerprint density at radius 3 is 2.25 bits per heavy atom. The summed E-state index contributed by atoms with van der Waals surface area (Å²) in [6, 6.07) is 6.30. The van der Waals surface area contributed by atoms with Crippen LogP contribution in [0.4, 0.5) is 0 Å². The van der Waals surface area contributed by atoms with Crippen molar-refractivity contribution in [3.8, 4) is 11.8 Å². The van der Waals surface area contributed by atoms with Gasteiger partial charge in [0.1, 0.15) is 0 Å². The third-order valence-corrected chi connectivity index (χ3v) is 4.69. The first-order valence-corrected chi connectivity index (χ1v) is 7.96. The van der Waals surface area contributed by atoms with Crippen LogP contribution in [0.3, 0.4) is 0 Å². The first kappa shape index (κ1) is 16.7. The predicted molar refractivity (Wildman–Crippen MR) is 81.6 cm³/mol. The topological polar surface area (TPSA) is 72.2 Å². The highest BCUT2D eigenvalue weighted by molar-refractivity contribution is 7.89. The smallest absolute Gasteiger partial charge is 0.240 e. The Balaban J connectivity index is 2.94. The van der Waals surface area contributed by atoms with Gasteiger partial charge in [-0.05, 0) is 36.6 Å². The number of hydrogen-bond acceptors (Lipinski definition) is 3. The highest BCUT2D eigenvalue weighted by atomic mass is 32.2. The van der Waals surface area contributed by atoms with E-state index in [-0.39, 0.29) is 22.9 Å². The van der Waals surface area contributed by atoms with Gasteiger partial charge in [0.05, 0.1) is 11.4 Å². The van der Waals surface area contributed by atoms with Gasteiger partial charge < -0.3 is 5.73 Å². The Kier molecular flexibility index (Phi) is 5.35. The molecule has 0 saturated heterocycles. The van der Waals surface area contributed by atoms with E-state index in [2.05, 4.69) is 16.6 Å². The number of rotatable bonds is 3. The Labute approximate surface area is 121 Å². The summed E-state index contributed by atoms with van der Waals surface area (Å²) in [6.07, 6.45) is 0. The molecule has 0 aliphatic rings. The van der Waals surface area contributed by atoms with Gasteiger partial charge >= 0.3 is 0 Å². The molecule has 110 valence electrons. The number of nitrogens with two attached hydrogens (primary N) is 1. The van der Waals surface area contributed by atoms with Crippen LogP contribution in [0.25, 0.3) is 0 Å². The summed E-state index contributed by atoms with van der Waals surface area (Å²) in [5.41, 5.74) is 5.90. The summed E-state index contributed by atoms with van der Waals surface area (Å²) in [4.78, 5) is 0.242. The average Bonchev–Trinajstić information content (AvgIpc) is 2.35. The summed E-state index contributed by atoms with van der Waals surface area (Å²) in [5.74, 6) is 5.59. The van der Waals surface area contributed by atoms with Gasteiger partial charge in [-0.25, -0.2) is 13.1 Å². The molecule has 0 radical (unpaired) electrons. The van der Waals surface area contributed by atoms with Crippen molar-refractivity contribution in [2.24, 2.45) is 11.1 Å². The zero-order valence-corrected chi connectivity index (χ0v) is 13.2. The molecule has 0 aliphatic carbocycles. The molecule has 1 atom stereocenters. The lowest BCUT2D eigenvalue weighted by Gasteiger charge is -2.27. The zero-order valence-electron chi connectivity index (χ0n) is 12.4. The first-order valence-electron chi connectivity index (χ1n) is 6.48. The van der Waals surface area contributed by atoms with Crippen molar-refractivity contribution in [3.63, 3.8) is 0 Å². The van der Waals surface area contributed by atoms with E-state index in [1.165, 1.54) is 0 Å². The fourth-order valence-corrected chi connectivity index (χ4v) is 2.80. The minimum Gasteiger partial charge on any atom is -0.320 e. The summed E-state index contributed by atoms with van der Waals surface area (Å²) in [7, 11) is -3.50.